The van der Waals surface area contributed by atoms with Crippen molar-refractivity contribution in [2.24, 2.45) is 0 Å². The van der Waals surface area contributed by atoms with E-state index >= 15 is 0 Å². The molecule has 78 valence electrons. The third-order valence-electron chi connectivity index (χ3n) is 2.47. The Morgan fingerprint density at radius 3 is 2.93 bits per heavy atom. The van der Waals surface area contributed by atoms with Gasteiger partial charge in [0.05, 0.1) is 29.5 Å². The molecule has 14 heavy (non-hydrogen) atoms. The Morgan fingerprint density at radius 2 is 2.43 bits per heavy atom. The zero-order valence-electron chi connectivity index (χ0n) is 7.60. The second kappa shape index (κ2) is 3.36. The number of nitrogens with zero attached hydrogens (tertiary/aromatic N) is 1. The third-order valence-corrected chi connectivity index (χ3v) is 4.24. The lowest BCUT2D eigenvalue weighted by atomic mass is 10.1. The van der Waals surface area contributed by atoms with Crippen molar-refractivity contribution in [3.05, 3.63) is 17.5 Å². The fraction of sp³-hybridized carbons (Fsp3) is 0.625. The number of hydrogen-bond acceptors (Lipinski definition) is 4. The van der Waals surface area contributed by atoms with Crippen LogP contribution in [0.15, 0.2) is 6.07 Å². The molecule has 1 saturated heterocycles. The van der Waals surface area contributed by atoms with Crippen molar-refractivity contribution in [3.8, 4) is 0 Å². The maximum atomic E-state index is 11.2. The summed E-state index contributed by atoms with van der Waals surface area (Å²) < 4.78 is 22.4. The first-order chi connectivity index (χ1) is 6.61. The van der Waals surface area contributed by atoms with E-state index in [4.69, 9.17) is 5.11 Å². The Balaban J connectivity index is 2.17. The van der Waals surface area contributed by atoms with Crippen LogP contribution in [0.4, 0.5) is 0 Å². The predicted molar refractivity (Wildman–Crippen MR) is 50.5 cm³/mol. The summed E-state index contributed by atoms with van der Waals surface area (Å²) in [7, 11) is -2.86. The van der Waals surface area contributed by atoms with Gasteiger partial charge in [-0.15, -0.1) is 0 Å². The summed E-state index contributed by atoms with van der Waals surface area (Å²) in [5, 5.41) is 15.5. The second-order valence-corrected chi connectivity index (χ2v) is 5.80. The monoisotopic (exact) mass is 216 g/mol. The minimum Gasteiger partial charge on any atom is -0.390 e. The number of hydrogen-bond donors (Lipinski definition) is 2. The molecule has 6 heteroatoms. The normalized spacial score (nSPS) is 25.4. The summed E-state index contributed by atoms with van der Waals surface area (Å²) in [5.74, 6) is 0.429. The van der Waals surface area contributed by atoms with Crippen molar-refractivity contribution in [2.75, 3.05) is 11.5 Å². The molecule has 0 bridgehead atoms. The van der Waals surface area contributed by atoms with Gasteiger partial charge in [-0.05, 0) is 12.5 Å². The summed E-state index contributed by atoms with van der Waals surface area (Å²) in [4.78, 5) is 0. The van der Waals surface area contributed by atoms with Crippen LogP contribution in [0.3, 0.4) is 0 Å². The number of nitrogens with one attached hydrogen (secondary N) is 1. The highest BCUT2D eigenvalue weighted by Gasteiger charge is 2.30. The Labute approximate surface area is 82.1 Å². The van der Waals surface area contributed by atoms with Crippen LogP contribution >= 0.6 is 0 Å². The van der Waals surface area contributed by atoms with Crippen LogP contribution in [0.2, 0.25) is 0 Å². The van der Waals surface area contributed by atoms with Crippen molar-refractivity contribution >= 4 is 9.84 Å². The number of aromatic amines is 1. The van der Waals surface area contributed by atoms with Gasteiger partial charge in [-0.3, -0.25) is 5.10 Å². The standard InChI is InChI=1S/C8H12N2O3S/c11-4-7-3-8(10-9-7)6-1-2-14(12,13)5-6/h3,6,11H,1-2,4-5H2,(H,9,10). The molecule has 1 atom stereocenters. The molecule has 5 nitrogen and oxygen atoms in total. The molecule has 0 amide bonds. The van der Waals surface area contributed by atoms with Crippen LogP contribution in [-0.4, -0.2) is 35.2 Å². The summed E-state index contributed by atoms with van der Waals surface area (Å²) >= 11 is 0. The van der Waals surface area contributed by atoms with E-state index in [0.29, 0.717) is 12.1 Å². The lowest BCUT2D eigenvalue weighted by molar-refractivity contribution is 0.276. The first-order valence-electron chi connectivity index (χ1n) is 4.46. The molecule has 1 aliphatic heterocycles. The zero-order valence-corrected chi connectivity index (χ0v) is 8.42. The lowest BCUT2D eigenvalue weighted by Crippen LogP contribution is -2.03. The predicted octanol–water partition coefficient (Wildman–Crippen LogP) is -0.196. The highest BCUT2D eigenvalue weighted by molar-refractivity contribution is 7.91. The molecule has 2 rings (SSSR count). The van der Waals surface area contributed by atoms with Crippen LogP contribution in [0.5, 0.6) is 0 Å². The topological polar surface area (TPSA) is 83.0 Å². The van der Waals surface area contributed by atoms with Crippen LogP contribution in [0.25, 0.3) is 0 Å². The molecule has 0 spiro atoms. The van der Waals surface area contributed by atoms with Gasteiger partial charge in [0.25, 0.3) is 0 Å². The Kier molecular flexibility index (Phi) is 2.32. The van der Waals surface area contributed by atoms with Crippen LogP contribution in [-0.2, 0) is 16.4 Å². The van der Waals surface area contributed by atoms with E-state index in [0.717, 1.165) is 5.69 Å². The average molecular weight is 216 g/mol. The average Bonchev–Trinajstić information content (AvgIpc) is 2.70. The fourth-order valence-corrected chi connectivity index (χ4v) is 3.46. The lowest BCUT2D eigenvalue weighted by Gasteiger charge is -2.00. The van der Waals surface area contributed by atoms with Gasteiger partial charge in [-0.25, -0.2) is 8.42 Å². The molecule has 0 aliphatic carbocycles. The SMILES string of the molecule is O=S1(=O)CCC(c2cc(CO)[nH]n2)C1. The zero-order chi connectivity index (χ0) is 10.2. The third kappa shape index (κ3) is 1.80. The van der Waals surface area contributed by atoms with Gasteiger partial charge >= 0.3 is 0 Å². The Morgan fingerprint density at radius 1 is 1.64 bits per heavy atom. The van der Waals surface area contributed by atoms with Gasteiger partial charge in [0.2, 0.25) is 0 Å². The fourth-order valence-electron chi connectivity index (χ4n) is 1.70. The molecule has 0 aromatic carbocycles. The minimum absolute atomic E-state index is 0.00319. The van der Waals surface area contributed by atoms with Crippen molar-refractivity contribution < 1.29 is 13.5 Å². The van der Waals surface area contributed by atoms with E-state index in [1.807, 2.05) is 0 Å². The number of aliphatic hydroxyl groups is 1. The van der Waals surface area contributed by atoms with Gasteiger partial charge in [-0.2, -0.15) is 5.10 Å². The van der Waals surface area contributed by atoms with Gasteiger partial charge < -0.3 is 5.11 Å². The van der Waals surface area contributed by atoms with E-state index in [-0.39, 0.29) is 24.0 Å². The van der Waals surface area contributed by atoms with Crippen molar-refractivity contribution in [1.29, 1.82) is 0 Å². The number of aliphatic hydroxyl groups excluding tert-OH is 1. The molecule has 2 heterocycles. The second-order valence-electron chi connectivity index (χ2n) is 3.58. The number of H-pyrrole nitrogens is 1. The highest BCUT2D eigenvalue weighted by Crippen LogP contribution is 2.27. The van der Waals surface area contributed by atoms with Gasteiger partial charge in [0, 0.05) is 5.92 Å². The van der Waals surface area contributed by atoms with Crippen molar-refractivity contribution in [1.82, 2.24) is 10.2 Å². The van der Waals surface area contributed by atoms with E-state index in [1.165, 1.54) is 0 Å². The van der Waals surface area contributed by atoms with Crippen LogP contribution in [0.1, 0.15) is 23.7 Å². The summed E-state index contributed by atoms with van der Waals surface area (Å²) in [6, 6.07) is 1.73. The molecule has 1 aromatic rings. The molecule has 0 saturated carbocycles. The van der Waals surface area contributed by atoms with E-state index in [2.05, 4.69) is 10.2 Å². The van der Waals surface area contributed by atoms with Gasteiger partial charge in [-0.1, -0.05) is 0 Å². The first-order valence-corrected chi connectivity index (χ1v) is 6.28. The smallest absolute Gasteiger partial charge is 0.151 e. The maximum Gasteiger partial charge on any atom is 0.151 e. The number of rotatable bonds is 2. The molecule has 0 radical (unpaired) electrons. The molecule has 2 N–H and O–H groups in total. The Bertz CT molecular complexity index is 424. The Hall–Kier alpha value is -0.880. The first kappa shape index (κ1) is 9.67. The van der Waals surface area contributed by atoms with Gasteiger partial charge in [0.1, 0.15) is 0 Å². The molecule has 1 unspecified atom stereocenters. The molecule has 1 aromatic heterocycles. The number of sulfone groups is 1. The van der Waals surface area contributed by atoms with E-state index < -0.39 is 9.84 Å². The molecular formula is C8H12N2O3S. The molecule has 1 aliphatic rings. The van der Waals surface area contributed by atoms with Crippen molar-refractivity contribution in [2.45, 2.75) is 18.9 Å². The van der Waals surface area contributed by atoms with E-state index in [1.54, 1.807) is 6.07 Å². The highest BCUT2D eigenvalue weighted by atomic mass is 32.2. The minimum atomic E-state index is -2.86. The molecule has 1 fully saturated rings. The van der Waals surface area contributed by atoms with Gasteiger partial charge in [0.15, 0.2) is 9.84 Å². The van der Waals surface area contributed by atoms with Crippen molar-refractivity contribution in [3.63, 3.8) is 0 Å². The summed E-state index contributed by atoms with van der Waals surface area (Å²) in [5.41, 5.74) is 1.37. The number of aromatic nitrogens is 2. The largest absolute Gasteiger partial charge is 0.390 e. The quantitative estimate of drug-likeness (QED) is 0.717. The summed E-state index contributed by atoms with van der Waals surface area (Å²) in [6.07, 6.45) is 0.637. The maximum absolute atomic E-state index is 11.2. The van der Waals surface area contributed by atoms with Crippen LogP contribution in [0, 0.1) is 0 Å². The van der Waals surface area contributed by atoms with Crippen LogP contribution < -0.4 is 0 Å². The van der Waals surface area contributed by atoms with E-state index in [9.17, 15) is 8.42 Å². The molecular weight excluding hydrogens is 204 g/mol. The summed E-state index contributed by atoms with van der Waals surface area (Å²) in [6.45, 7) is -0.0908.